The van der Waals surface area contributed by atoms with Crippen molar-refractivity contribution in [2.45, 2.75) is 17.1 Å². The van der Waals surface area contributed by atoms with E-state index in [-0.39, 0.29) is 37.1 Å². The Bertz CT molecular complexity index is 1340. The van der Waals surface area contributed by atoms with Gasteiger partial charge in [0.15, 0.2) is 0 Å². The van der Waals surface area contributed by atoms with Gasteiger partial charge in [-0.2, -0.15) is 0 Å². The summed E-state index contributed by atoms with van der Waals surface area (Å²) < 4.78 is 0.982. The van der Waals surface area contributed by atoms with Gasteiger partial charge < -0.3 is 15.7 Å². The number of hydrogen-bond acceptors (Lipinski definition) is 6. The summed E-state index contributed by atoms with van der Waals surface area (Å²) in [6.45, 7) is 0.0809. The average molecular weight is 527 g/mol. The van der Waals surface area contributed by atoms with Crippen molar-refractivity contribution in [3.8, 4) is 0 Å². The Kier molecular flexibility index (Phi) is 8.86. The smallest absolute Gasteiger partial charge is 0.305 e. The number of carbonyl (C=O) groups is 2. The number of nitrogens with two attached hydrogens (primary N) is 1. The SMILES string of the molecule is Cl.N=C(N)c1ccc(SCc2nc3cc(C(=O)N(CCC(=O)O)c4ccccc4)ccc3s2)cc1. The molecule has 7 nitrogen and oxygen atoms in total. The van der Waals surface area contributed by atoms with Gasteiger partial charge >= 0.3 is 5.97 Å². The molecule has 4 rings (SSSR count). The number of fused-ring (bicyclic) bond motifs is 1. The zero-order chi connectivity index (χ0) is 24.1. The molecule has 0 fully saturated rings. The highest BCUT2D eigenvalue weighted by atomic mass is 35.5. The van der Waals surface area contributed by atoms with Crippen molar-refractivity contribution < 1.29 is 14.7 Å². The summed E-state index contributed by atoms with van der Waals surface area (Å²) in [5.74, 6) is -0.496. The summed E-state index contributed by atoms with van der Waals surface area (Å²) in [6.07, 6.45) is -0.144. The lowest BCUT2D eigenvalue weighted by Crippen LogP contribution is -2.33. The fraction of sp³-hybridized carbons (Fsp3) is 0.120. The topological polar surface area (TPSA) is 120 Å². The van der Waals surface area contributed by atoms with E-state index in [1.54, 1.807) is 47.4 Å². The fourth-order valence-corrected chi connectivity index (χ4v) is 5.20. The van der Waals surface area contributed by atoms with E-state index in [1.165, 1.54) is 4.90 Å². The number of aliphatic carboxylic acids is 1. The maximum Gasteiger partial charge on any atom is 0.305 e. The summed E-state index contributed by atoms with van der Waals surface area (Å²) in [5.41, 5.74) is 8.05. The van der Waals surface area contributed by atoms with Crippen LogP contribution in [0.25, 0.3) is 10.2 Å². The van der Waals surface area contributed by atoms with Gasteiger partial charge in [-0.05, 0) is 42.5 Å². The van der Waals surface area contributed by atoms with E-state index in [4.69, 9.17) is 21.2 Å². The number of anilines is 1. The Hall–Kier alpha value is -3.40. The van der Waals surface area contributed by atoms with Crippen LogP contribution in [0.15, 0.2) is 77.7 Å². The first kappa shape index (κ1) is 26.2. The van der Waals surface area contributed by atoms with E-state index in [2.05, 4.69) is 0 Å². The number of rotatable bonds is 9. The van der Waals surface area contributed by atoms with E-state index in [0.717, 1.165) is 20.1 Å². The minimum absolute atomic E-state index is 0. The maximum atomic E-state index is 13.3. The molecule has 0 atom stereocenters. The lowest BCUT2D eigenvalue weighted by Gasteiger charge is -2.22. The number of halogens is 1. The molecular weight excluding hydrogens is 504 g/mol. The van der Waals surface area contributed by atoms with Gasteiger partial charge in [0.2, 0.25) is 0 Å². The summed E-state index contributed by atoms with van der Waals surface area (Å²) >= 11 is 3.21. The molecule has 1 amide bonds. The lowest BCUT2D eigenvalue weighted by molar-refractivity contribution is -0.136. The predicted molar refractivity (Wildman–Crippen MR) is 144 cm³/mol. The number of benzene rings is 3. The van der Waals surface area contributed by atoms with Crippen LogP contribution in [0.4, 0.5) is 5.69 Å². The quantitative estimate of drug-likeness (QED) is 0.152. The molecule has 0 radical (unpaired) electrons. The predicted octanol–water partition coefficient (Wildman–Crippen LogP) is 5.42. The number of thiazole rings is 1. The van der Waals surface area contributed by atoms with E-state index < -0.39 is 5.97 Å². The second-order valence-corrected chi connectivity index (χ2v) is 9.62. The van der Waals surface area contributed by atoms with Crippen molar-refractivity contribution in [2.24, 2.45) is 5.73 Å². The number of carbonyl (C=O) groups excluding carboxylic acids is 1. The molecule has 180 valence electrons. The van der Waals surface area contributed by atoms with Crippen LogP contribution >= 0.6 is 35.5 Å². The van der Waals surface area contributed by atoms with Gasteiger partial charge in [-0.1, -0.05) is 30.3 Å². The second kappa shape index (κ2) is 11.8. The van der Waals surface area contributed by atoms with Gasteiger partial charge in [-0.3, -0.25) is 15.0 Å². The Balaban J connectivity index is 0.00000342. The molecule has 0 aliphatic rings. The number of aromatic nitrogens is 1. The number of carboxylic acid groups (broad SMARTS) is 1. The summed E-state index contributed by atoms with van der Waals surface area (Å²) in [7, 11) is 0. The monoisotopic (exact) mass is 526 g/mol. The minimum Gasteiger partial charge on any atom is -0.481 e. The van der Waals surface area contributed by atoms with Crippen LogP contribution in [0.3, 0.4) is 0 Å². The van der Waals surface area contributed by atoms with Gasteiger partial charge in [-0.15, -0.1) is 35.5 Å². The molecule has 10 heteroatoms. The van der Waals surface area contributed by atoms with Crippen molar-refractivity contribution in [2.75, 3.05) is 11.4 Å². The molecule has 3 aromatic carbocycles. The second-order valence-electron chi connectivity index (χ2n) is 7.45. The fourth-order valence-electron chi connectivity index (χ4n) is 3.36. The van der Waals surface area contributed by atoms with Crippen LogP contribution in [0.2, 0.25) is 0 Å². The number of thioether (sulfide) groups is 1. The van der Waals surface area contributed by atoms with Crippen molar-refractivity contribution in [3.05, 3.63) is 88.9 Å². The Morgan fingerprint density at radius 2 is 1.71 bits per heavy atom. The highest BCUT2D eigenvalue weighted by molar-refractivity contribution is 7.98. The van der Waals surface area contributed by atoms with Crippen molar-refractivity contribution in [3.63, 3.8) is 0 Å². The average Bonchev–Trinajstić information content (AvgIpc) is 3.25. The number of para-hydroxylation sites is 1. The number of hydrogen-bond donors (Lipinski definition) is 3. The Labute approximate surface area is 216 Å². The summed E-state index contributed by atoms with van der Waals surface area (Å²) in [5, 5.41) is 17.5. The number of nitrogens with zero attached hydrogens (tertiary/aromatic N) is 2. The van der Waals surface area contributed by atoms with E-state index in [1.807, 2.05) is 48.5 Å². The molecule has 0 spiro atoms. The first-order valence-corrected chi connectivity index (χ1v) is 12.3. The van der Waals surface area contributed by atoms with Crippen molar-refractivity contribution in [1.29, 1.82) is 5.41 Å². The number of amides is 1. The van der Waals surface area contributed by atoms with E-state index >= 15 is 0 Å². The molecule has 1 aromatic heterocycles. The van der Waals surface area contributed by atoms with Crippen LogP contribution in [0, 0.1) is 5.41 Å². The molecule has 0 aliphatic carbocycles. The first-order chi connectivity index (χ1) is 16.4. The summed E-state index contributed by atoms with van der Waals surface area (Å²) in [6, 6.07) is 22.0. The van der Waals surface area contributed by atoms with Gasteiger partial charge in [0.25, 0.3) is 5.91 Å². The number of carboxylic acids is 1. The largest absolute Gasteiger partial charge is 0.481 e. The number of nitrogens with one attached hydrogen (secondary N) is 1. The van der Waals surface area contributed by atoms with E-state index in [0.29, 0.717) is 22.6 Å². The van der Waals surface area contributed by atoms with Crippen LogP contribution in [-0.2, 0) is 10.5 Å². The first-order valence-electron chi connectivity index (χ1n) is 10.5. The van der Waals surface area contributed by atoms with Gasteiger partial charge in [0.05, 0.1) is 22.4 Å². The Morgan fingerprint density at radius 1 is 1.03 bits per heavy atom. The molecule has 0 aliphatic heterocycles. The minimum atomic E-state index is -0.957. The van der Waals surface area contributed by atoms with Crippen LogP contribution in [0.1, 0.15) is 27.3 Å². The number of nitrogen functional groups attached to an aromatic ring is 1. The van der Waals surface area contributed by atoms with Crippen LogP contribution < -0.4 is 10.6 Å². The van der Waals surface area contributed by atoms with Gasteiger partial charge in [-0.25, -0.2) is 4.98 Å². The standard InChI is InChI=1S/C25H22N4O3S2.ClH/c26-24(27)16-6-9-19(10-7-16)33-15-22-28-20-14-17(8-11-21(20)34-22)25(32)29(13-12-23(30)31)18-4-2-1-3-5-18;/h1-11,14H,12-13,15H2,(H3,26,27)(H,30,31);1H. The molecule has 0 saturated heterocycles. The highest BCUT2D eigenvalue weighted by Gasteiger charge is 2.19. The van der Waals surface area contributed by atoms with Gasteiger partial charge in [0, 0.05) is 28.3 Å². The van der Waals surface area contributed by atoms with E-state index in [9.17, 15) is 9.59 Å². The molecule has 0 unspecified atom stereocenters. The molecule has 0 bridgehead atoms. The van der Waals surface area contributed by atoms with Crippen molar-refractivity contribution in [1.82, 2.24) is 4.98 Å². The molecule has 35 heavy (non-hydrogen) atoms. The zero-order valence-corrected chi connectivity index (χ0v) is 21.0. The highest BCUT2D eigenvalue weighted by Crippen LogP contribution is 2.30. The van der Waals surface area contributed by atoms with Crippen LogP contribution in [-0.4, -0.2) is 34.3 Å². The summed E-state index contributed by atoms with van der Waals surface area (Å²) in [4.78, 5) is 31.6. The molecule has 4 aromatic rings. The maximum absolute atomic E-state index is 13.3. The normalized spacial score (nSPS) is 10.5. The van der Waals surface area contributed by atoms with Crippen molar-refractivity contribution >= 4 is 69.1 Å². The third-order valence-electron chi connectivity index (χ3n) is 5.07. The van der Waals surface area contributed by atoms with Crippen LogP contribution in [0.5, 0.6) is 0 Å². The zero-order valence-electron chi connectivity index (χ0n) is 18.5. The molecular formula is C25H23ClN4O3S2. The Morgan fingerprint density at radius 3 is 2.37 bits per heavy atom. The molecule has 4 N–H and O–H groups in total. The third-order valence-corrected chi connectivity index (χ3v) is 7.31. The van der Waals surface area contributed by atoms with Gasteiger partial charge in [0.1, 0.15) is 10.8 Å². The lowest BCUT2D eigenvalue weighted by atomic mass is 10.1. The third kappa shape index (κ3) is 6.60. The number of amidine groups is 1. The molecule has 1 heterocycles. The molecule has 0 saturated carbocycles.